The number of amides is 4. The quantitative estimate of drug-likeness (QED) is 0.183. The fourth-order valence-electron chi connectivity index (χ4n) is 9.86. The number of nitrogens with zero attached hydrogens (tertiary/aromatic N) is 2. The number of carbonyl (C=O) groups excluding carboxylic acids is 4. The van der Waals surface area contributed by atoms with Gasteiger partial charge >= 0.3 is 0 Å². The van der Waals surface area contributed by atoms with Gasteiger partial charge in [-0.25, -0.2) is 0 Å². The Morgan fingerprint density at radius 1 is 0.868 bits per heavy atom. The molecule has 3 aromatic rings. The highest BCUT2D eigenvalue weighted by Crippen LogP contribution is 2.64. The summed E-state index contributed by atoms with van der Waals surface area (Å²) in [6, 6.07) is 19.2. The molecular weight excluding hydrogens is 717 g/mol. The molecule has 4 fully saturated rings. The van der Waals surface area contributed by atoms with Crippen LogP contribution in [0.4, 0.5) is 5.69 Å². The number of allylic oxidation sites excluding steroid dienone is 2. The van der Waals surface area contributed by atoms with E-state index in [1.165, 1.54) is 6.07 Å². The highest BCUT2D eigenvalue weighted by atomic mass is 35.5. The maximum Gasteiger partial charge on any atom is 0.260 e. The van der Waals surface area contributed by atoms with Crippen molar-refractivity contribution in [3.05, 3.63) is 99.6 Å². The summed E-state index contributed by atoms with van der Waals surface area (Å²) in [4.78, 5) is 60.5. The summed E-state index contributed by atoms with van der Waals surface area (Å²) >= 11 is 12.8. The van der Waals surface area contributed by atoms with Gasteiger partial charge in [0.05, 0.1) is 47.6 Å². The first kappa shape index (κ1) is 35.6. The molecule has 0 bridgehead atoms. The molecule has 2 N–H and O–H groups in total. The van der Waals surface area contributed by atoms with E-state index in [-0.39, 0.29) is 42.5 Å². The van der Waals surface area contributed by atoms with E-state index in [1.807, 2.05) is 24.3 Å². The van der Waals surface area contributed by atoms with Crippen molar-refractivity contribution in [3.63, 3.8) is 0 Å². The molecule has 4 amide bonds. The topological polar surface area (TPSA) is 125 Å². The first-order valence-corrected chi connectivity index (χ1v) is 19.1. The van der Waals surface area contributed by atoms with Crippen LogP contribution in [0.2, 0.25) is 10.0 Å². The fourth-order valence-corrected chi connectivity index (χ4v) is 10.3. The molecule has 3 aromatic carbocycles. The number of halogens is 2. The lowest BCUT2D eigenvalue weighted by Crippen LogP contribution is -2.53. The average molecular weight is 759 g/mol. The first-order valence-electron chi connectivity index (χ1n) is 18.3. The summed E-state index contributed by atoms with van der Waals surface area (Å²) < 4.78 is 11.2. The SMILES string of the molecule is COc1ccc(C23C(=O)N(Nc4ccc(Cl)cc4Cl)C(=O)C2CC2C(=CCC4C(=O)N(C5CCCCC5)C(=O)C42)C3c2ccc(OCCO)cc2)cc1. The van der Waals surface area contributed by atoms with Gasteiger partial charge in [-0.2, -0.15) is 5.01 Å². The minimum Gasteiger partial charge on any atom is -0.497 e. The zero-order valence-corrected chi connectivity index (χ0v) is 30.8. The summed E-state index contributed by atoms with van der Waals surface area (Å²) in [5.74, 6) is -3.28. The standard InChI is InChI=1S/C41H41Cl2N3O7/c1-52-27-14-9-24(10-15-27)41-32(38(49)46(40(41)51)44-34-18-11-25(42)21-33(34)43)22-31-29(36(41)23-7-12-28(13-8-23)53-20-19-47)16-17-30-35(31)39(50)45(37(30)48)26-5-3-2-4-6-26/h7-16,18,21,26,30-32,35-36,44,47H,2-6,17,19-20,22H2,1H3. The molecule has 53 heavy (non-hydrogen) atoms. The number of likely N-dealkylation sites (tertiary alicyclic amines) is 1. The number of imide groups is 2. The second-order valence-corrected chi connectivity index (χ2v) is 15.5. The number of hydrogen-bond acceptors (Lipinski definition) is 8. The lowest BCUT2D eigenvalue weighted by molar-refractivity contribution is -0.144. The molecule has 8 rings (SSSR count). The van der Waals surface area contributed by atoms with Crippen LogP contribution in [0.5, 0.6) is 11.5 Å². The summed E-state index contributed by atoms with van der Waals surface area (Å²) in [6.07, 6.45) is 7.29. The highest BCUT2D eigenvalue weighted by molar-refractivity contribution is 6.36. The van der Waals surface area contributed by atoms with Gasteiger partial charge in [0.2, 0.25) is 11.8 Å². The van der Waals surface area contributed by atoms with Gasteiger partial charge in [0.1, 0.15) is 18.1 Å². The Labute approximate surface area is 318 Å². The number of rotatable bonds is 9. The van der Waals surface area contributed by atoms with Gasteiger partial charge in [0.25, 0.3) is 11.8 Å². The summed E-state index contributed by atoms with van der Waals surface area (Å²) in [5.41, 5.74) is 4.17. The van der Waals surface area contributed by atoms with E-state index in [9.17, 15) is 19.5 Å². The number of fused-ring (bicyclic) bond motifs is 4. The van der Waals surface area contributed by atoms with Gasteiger partial charge in [0.15, 0.2) is 0 Å². The second kappa shape index (κ2) is 14.1. The molecule has 276 valence electrons. The van der Waals surface area contributed by atoms with Crippen LogP contribution in [0.1, 0.15) is 62.0 Å². The van der Waals surface area contributed by atoms with Crippen LogP contribution < -0.4 is 14.9 Å². The predicted molar refractivity (Wildman–Crippen MR) is 198 cm³/mol. The zero-order chi connectivity index (χ0) is 37.0. The Kier molecular flexibility index (Phi) is 9.49. The third-order valence-corrected chi connectivity index (χ3v) is 12.7. The molecule has 10 nitrogen and oxygen atoms in total. The number of methoxy groups -OCH3 is 1. The first-order chi connectivity index (χ1) is 25.7. The number of nitrogens with one attached hydrogen (secondary N) is 1. The minimum atomic E-state index is -1.45. The number of benzene rings is 3. The number of anilines is 1. The summed E-state index contributed by atoms with van der Waals surface area (Å²) in [7, 11) is 1.57. The smallest absolute Gasteiger partial charge is 0.260 e. The molecule has 6 unspecified atom stereocenters. The maximum absolute atomic E-state index is 15.4. The van der Waals surface area contributed by atoms with Crippen molar-refractivity contribution < 1.29 is 33.8 Å². The Hall–Kier alpha value is -4.38. The van der Waals surface area contributed by atoms with Crippen LogP contribution in [0.25, 0.3) is 0 Å². The Morgan fingerprint density at radius 3 is 2.26 bits per heavy atom. The van der Waals surface area contributed by atoms with Crippen LogP contribution in [0.15, 0.2) is 78.4 Å². The highest BCUT2D eigenvalue weighted by Gasteiger charge is 2.70. The van der Waals surface area contributed by atoms with Crippen LogP contribution in [-0.2, 0) is 24.6 Å². The van der Waals surface area contributed by atoms with Crippen molar-refractivity contribution in [2.75, 3.05) is 25.7 Å². The van der Waals surface area contributed by atoms with E-state index < -0.39 is 46.8 Å². The van der Waals surface area contributed by atoms with Gasteiger partial charge < -0.3 is 14.6 Å². The van der Waals surface area contributed by atoms with E-state index in [0.717, 1.165) is 48.2 Å². The summed E-state index contributed by atoms with van der Waals surface area (Å²) in [5, 5.41) is 11.1. The average Bonchev–Trinajstić information content (AvgIpc) is 3.56. The second-order valence-electron chi connectivity index (χ2n) is 14.7. The number of carbonyl (C=O) groups is 4. The molecule has 2 saturated carbocycles. The molecular formula is C41H41Cl2N3O7. The van der Waals surface area contributed by atoms with Crippen LogP contribution in [0.3, 0.4) is 0 Å². The van der Waals surface area contributed by atoms with E-state index >= 15 is 4.79 Å². The predicted octanol–water partition coefficient (Wildman–Crippen LogP) is 6.69. The molecule has 3 aliphatic carbocycles. The third-order valence-electron chi connectivity index (χ3n) is 12.1. The number of hydrazine groups is 1. The molecule has 0 radical (unpaired) electrons. The normalized spacial score (nSPS) is 28.4. The lowest BCUT2D eigenvalue weighted by Gasteiger charge is -2.50. The fraction of sp³-hybridized carbons (Fsp3) is 0.415. The lowest BCUT2D eigenvalue weighted by atomic mass is 9.49. The molecule has 12 heteroatoms. The summed E-state index contributed by atoms with van der Waals surface area (Å²) in [6.45, 7) is -0.0308. The number of aliphatic hydroxyl groups excluding tert-OH is 1. The minimum absolute atomic E-state index is 0.111. The molecule has 2 aliphatic heterocycles. The van der Waals surface area contributed by atoms with Gasteiger partial charge in [0, 0.05) is 17.0 Å². The maximum atomic E-state index is 15.4. The van der Waals surface area contributed by atoms with E-state index in [0.29, 0.717) is 34.2 Å². The molecule has 0 aromatic heterocycles. The van der Waals surface area contributed by atoms with Crippen molar-refractivity contribution in [2.24, 2.45) is 23.7 Å². The van der Waals surface area contributed by atoms with E-state index in [1.54, 1.807) is 48.4 Å². The van der Waals surface area contributed by atoms with Crippen molar-refractivity contribution in [1.29, 1.82) is 0 Å². The Balaban J connectivity index is 1.30. The van der Waals surface area contributed by atoms with E-state index in [4.69, 9.17) is 32.7 Å². The van der Waals surface area contributed by atoms with E-state index in [2.05, 4.69) is 11.5 Å². The van der Waals surface area contributed by atoms with Crippen molar-refractivity contribution in [1.82, 2.24) is 9.91 Å². The Bertz CT molecular complexity index is 1980. The molecule has 2 saturated heterocycles. The van der Waals surface area contributed by atoms with Crippen molar-refractivity contribution in [2.45, 2.75) is 62.3 Å². The third kappa shape index (κ3) is 5.72. The largest absolute Gasteiger partial charge is 0.497 e. The molecule has 2 heterocycles. The Morgan fingerprint density at radius 2 is 1.58 bits per heavy atom. The van der Waals surface area contributed by atoms with Crippen molar-refractivity contribution in [3.8, 4) is 11.5 Å². The number of hydrogen-bond donors (Lipinski definition) is 2. The molecule has 5 aliphatic rings. The zero-order valence-electron chi connectivity index (χ0n) is 29.3. The van der Waals surface area contributed by atoms with Crippen molar-refractivity contribution >= 4 is 52.5 Å². The van der Waals surface area contributed by atoms with Crippen LogP contribution in [-0.4, -0.2) is 65.0 Å². The number of aliphatic hydroxyl groups is 1. The van der Waals surface area contributed by atoms with Crippen LogP contribution >= 0.6 is 23.2 Å². The van der Waals surface area contributed by atoms with Gasteiger partial charge in [-0.05, 0) is 85.2 Å². The molecule has 6 atom stereocenters. The van der Waals surface area contributed by atoms with Crippen LogP contribution in [0, 0.1) is 23.7 Å². The van der Waals surface area contributed by atoms with Gasteiger partial charge in [-0.15, -0.1) is 0 Å². The monoisotopic (exact) mass is 757 g/mol. The van der Waals surface area contributed by atoms with Gasteiger partial charge in [-0.3, -0.25) is 29.5 Å². The van der Waals surface area contributed by atoms with Gasteiger partial charge in [-0.1, -0.05) is 78.4 Å². The molecule has 0 spiro atoms. The number of ether oxygens (including phenoxy) is 2.